The van der Waals surface area contributed by atoms with E-state index in [9.17, 15) is 9.18 Å². The molecule has 4 aliphatic carbocycles. The molecule has 29 heavy (non-hydrogen) atoms. The molecule has 1 aromatic rings. The van der Waals surface area contributed by atoms with Crippen LogP contribution in [-0.2, 0) is 11.2 Å². The molecule has 5 aliphatic rings. The maximum atomic E-state index is 13.6. The number of nitrogens with zero attached hydrogens (tertiary/aromatic N) is 2. The molecule has 1 aromatic carbocycles. The van der Waals surface area contributed by atoms with Gasteiger partial charge in [0.1, 0.15) is 5.82 Å². The van der Waals surface area contributed by atoms with Gasteiger partial charge in [-0.15, -0.1) is 12.4 Å². The summed E-state index contributed by atoms with van der Waals surface area (Å²) in [5.74, 6) is 2.74. The Labute approximate surface area is 180 Å². The zero-order valence-corrected chi connectivity index (χ0v) is 18.3. The molecule has 0 N–H and O–H groups in total. The molecule has 4 bridgehead atoms. The lowest BCUT2D eigenvalue weighted by Crippen LogP contribution is -2.55. The highest BCUT2D eigenvalue weighted by molar-refractivity contribution is 5.85. The summed E-state index contributed by atoms with van der Waals surface area (Å²) in [4.78, 5) is 18.1. The summed E-state index contributed by atoms with van der Waals surface area (Å²) < 4.78 is 13.4. The number of likely N-dealkylation sites (N-methyl/N-ethyl adjacent to an activating group) is 1. The van der Waals surface area contributed by atoms with Crippen molar-refractivity contribution in [3.63, 3.8) is 0 Å². The topological polar surface area (TPSA) is 23.6 Å². The molecule has 1 amide bonds. The standard InChI is InChI=1S/C24H33FN2O.ClH/c1-26(23(28)24-13-18-9-19(14-24)11-20(10-18)15-24)22-6-8-27(16-22)7-5-17-3-2-4-21(25)12-17;/h2-4,12,18-20,22H,5-11,13-16H2,1H3;1H/t18?,19?,20?,22-,24?;/m0./s1. The van der Waals surface area contributed by atoms with Crippen molar-refractivity contribution in [1.29, 1.82) is 0 Å². The number of hydrogen-bond acceptors (Lipinski definition) is 2. The molecule has 4 saturated carbocycles. The summed E-state index contributed by atoms with van der Waals surface area (Å²) in [5, 5.41) is 0. The van der Waals surface area contributed by atoms with Crippen molar-refractivity contribution in [3.8, 4) is 0 Å². The number of rotatable bonds is 5. The number of likely N-dealkylation sites (tertiary alicyclic amines) is 1. The lowest BCUT2D eigenvalue weighted by molar-refractivity contribution is -0.158. The van der Waals surface area contributed by atoms with Gasteiger partial charge in [-0.3, -0.25) is 4.79 Å². The number of halogens is 2. The van der Waals surface area contributed by atoms with Gasteiger partial charge in [0.2, 0.25) is 5.91 Å². The fourth-order valence-electron chi connectivity index (χ4n) is 7.22. The molecule has 0 aromatic heterocycles. The molecule has 1 aliphatic heterocycles. The molecular weight excluding hydrogens is 387 g/mol. The van der Waals surface area contributed by atoms with Crippen LogP contribution in [0.1, 0.15) is 50.5 Å². The third-order valence-corrected chi connectivity index (χ3v) is 8.21. The van der Waals surface area contributed by atoms with Crippen LogP contribution in [0.3, 0.4) is 0 Å². The van der Waals surface area contributed by atoms with Crippen LogP contribution >= 0.6 is 12.4 Å². The Morgan fingerprint density at radius 3 is 2.45 bits per heavy atom. The molecule has 1 heterocycles. The van der Waals surface area contributed by atoms with E-state index in [1.54, 1.807) is 12.1 Å². The van der Waals surface area contributed by atoms with Crippen LogP contribution in [-0.4, -0.2) is 48.4 Å². The molecule has 160 valence electrons. The molecule has 0 unspecified atom stereocenters. The highest BCUT2D eigenvalue weighted by Gasteiger charge is 2.55. The molecule has 5 heteroatoms. The zero-order valence-electron chi connectivity index (χ0n) is 17.5. The summed E-state index contributed by atoms with van der Waals surface area (Å²) in [6, 6.07) is 7.26. The highest BCUT2D eigenvalue weighted by Crippen LogP contribution is 2.60. The van der Waals surface area contributed by atoms with Gasteiger partial charge in [0, 0.05) is 32.7 Å². The lowest BCUT2D eigenvalue weighted by atomic mass is 9.49. The van der Waals surface area contributed by atoms with E-state index < -0.39 is 0 Å². The maximum absolute atomic E-state index is 13.6. The maximum Gasteiger partial charge on any atom is 0.228 e. The molecule has 3 nitrogen and oxygen atoms in total. The van der Waals surface area contributed by atoms with Crippen molar-refractivity contribution >= 4 is 18.3 Å². The second-order valence-corrected chi connectivity index (χ2v) is 10.2. The van der Waals surface area contributed by atoms with E-state index in [0.717, 1.165) is 75.1 Å². The van der Waals surface area contributed by atoms with E-state index in [0.29, 0.717) is 11.9 Å². The van der Waals surface area contributed by atoms with E-state index in [1.165, 1.54) is 25.3 Å². The fourth-order valence-corrected chi connectivity index (χ4v) is 7.22. The Hall–Kier alpha value is -1.13. The van der Waals surface area contributed by atoms with Crippen LogP contribution in [0, 0.1) is 29.0 Å². The van der Waals surface area contributed by atoms with Crippen LogP contribution in [0.5, 0.6) is 0 Å². The molecule has 6 rings (SSSR count). The Balaban J connectivity index is 0.00000205. The Morgan fingerprint density at radius 1 is 1.17 bits per heavy atom. The summed E-state index contributed by atoms with van der Waals surface area (Å²) in [6.07, 6.45) is 9.54. The minimum Gasteiger partial charge on any atom is -0.341 e. The number of benzene rings is 1. The Bertz CT molecular complexity index is 719. The number of carbonyl (C=O) groups is 1. The first-order valence-corrected chi connectivity index (χ1v) is 11.2. The summed E-state index contributed by atoms with van der Waals surface area (Å²) >= 11 is 0. The van der Waals surface area contributed by atoms with E-state index >= 15 is 0 Å². The Kier molecular flexibility index (Phi) is 5.96. The first-order chi connectivity index (χ1) is 13.5. The normalized spacial score (nSPS) is 35.5. The van der Waals surface area contributed by atoms with Gasteiger partial charge in [-0.1, -0.05) is 12.1 Å². The number of amides is 1. The molecule has 1 saturated heterocycles. The predicted molar refractivity (Wildman–Crippen MR) is 116 cm³/mol. The molecular formula is C24H34ClFN2O. The van der Waals surface area contributed by atoms with Gasteiger partial charge in [-0.05, 0) is 86.8 Å². The second-order valence-electron chi connectivity index (χ2n) is 10.2. The van der Waals surface area contributed by atoms with Crippen molar-refractivity contribution in [2.24, 2.45) is 23.2 Å². The van der Waals surface area contributed by atoms with E-state index in [2.05, 4.69) is 16.8 Å². The van der Waals surface area contributed by atoms with Gasteiger partial charge in [0.25, 0.3) is 0 Å². The first kappa shape index (κ1) is 21.1. The summed E-state index contributed by atoms with van der Waals surface area (Å²) in [5.41, 5.74) is 1.03. The SMILES string of the molecule is CN(C(=O)C12CC3CC(CC(C3)C1)C2)[C@H]1CCN(CCc2cccc(F)c2)C1.Cl. The molecule has 5 fully saturated rings. The monoisotopic (exact) mass is 420 g/mol. The van der Waals surface area contributed by atoms with Gasteiger partial charge >= 0.3 is 0 Å². The van der Waals surface area contributed by atoms with Crippen molar-refractivity contribution in [2.45, 2.75) is 57.4 Å². The number of hydrogen-bond donors (Lipinski definition) is 0. The van der Waals surface area contributed by atoms with Gasteiger partial charge in [0.15, 0.2) is 0 Å². The van der Waals surface area contributed by atoms with Crippen LogP contribution in [0.4, 0.5) is 4.39 Å². The van der Waals surface area contributed by atoms with E-state index in [4.69, 9.17) is 0 Å². The molecule has 0 radical (unpaired) electrons. The summed E-state index contributed by atoms with van der Waals surface area (Å²) in [7, 11) is 2.06. The van der Waals surface area contributed by atoms with E-state index in [-0.39, 0.29) is 23.6 Å². The largest absolute Gasteiger partial charge is 0.341 e. The van der Waals surface area contributed by atoms with Crippen molar-refractivity contribution in [1.82, 2.24) is 9.80 Å². The molecule has 1 atom stereocenters. The summed E-state index contributed by atoms with van der Waals surface area (Å²) in [6.45, 7) is 2.95. The minimum atomic E-state index is -0.155. The minimum absolute atomic E-state index is 0. The van der Waals surface area contributed by atoms with Gasteiger partial charge in [-0.2, -0.15) is 0 Å². The van der Waals surface area contributed by atoms with Crippen LogP contribution < -0.4 is 0 Å². The average Bonchev–Trinajstić information content (AvgIpc) is 3.13. The van der Waals surface area contributed by atoms with Gasteiger partial charge in [0.05, 0.1) is 5.41 Å². The number of carbonyl (C=O) groups excluding carboxylic acids is 1. The zero-order chi connectivity index (χ0) is 19.3. The predicted octanol–water partition coefficient (Wildman–Crippen LogP) is 4.54. The van der Waals surface area contributed by atoms with Crippen molar-refractivity contribution < 1.29 is 9.18 Å². The fraction of sp³-hybridized carbons (Fsp3) is 0.708. The van der Waals surface area contributed by atoms with Crippen molar-refractivity contribution in [2.75, 3.05) is 26.7 Å². The smallest absolute Gasteiger partial charge is 0.228 e. The lowest BCUT2D eigenvalue weighted by Gasteiger charge is -2.56. The molecule has 0 spiro atoms. The second kappa shape index (κ2) is 8.19. The average molecular weight is 421 g/mol. The quantitative estimate of drug-likeness (QED) is 0.698. The van der Waals surface area contributed by atoms with Gasteiger partial charge in [-0.25, -0.2) is 4.39 Å². The van der Waals surface area contributed by atoms with Crippen LogP contribution in [0.25, 0.3) is 0 Å². The van der Waals surface area contributed by atoms with Crippen LogP contribution in [0.15, 0.2) is 24.3 Å². The van der Waals surface area contributed by atoms with E-state index in [1.807, 2.05) is 6.07 Å². The Morgan fingerprint density at radius 2 is 1.83 bits per heavy atom. The third kappa shape index (κ3) is 4.07. The van der Waals surface area contributed by atoms with Crippen LogP contribution in [0.2, 0.25) is 0 Å². The third-order valence-electron chi connectivity index (χ3n) is 8.21. The van der Waals surface area contributed by atoms with Crippen molar-refractivity contribution in [3.05, 3.63) is 35.6 Å². The first-order valence-electron chi connectivity index (χ1n) is 11.2. The highest BCUT2D eigenvalue weighted by atomic mass is 35.5. The van der Waals surface area contributed by atoms with Gasteiger partial charge < -0.3 is 9.80 Å².